The van der Waals surface area contributed by atoms with Crippen molar-refractivity contribution in [3.8, 4) is 0 Å². The highest BCUT2D eigenvalue weighted by Crippen LogP contribution is 2.21. The summed E-state index contributed by atoms with van der Waals surface area (Å²) >= 11 is 0. The lowest BCUT2D eigenvalue weighted by molar-refractivity contribution is -0.267. The van der Waals surface area contributed by atoms with Crippen LogP contribution in [0.3, 0.4) is 0 Å². The van der Waals surface area contributed by atoms with Gasteiger partial charge < -0.3 is 34.9 Å². The number of esters is 2. The van der Waals surface area contributed by atoms with Crippen LogP contribution in [0.25, 0.3) is 0 Å². The molecule has 5 unspecified atom stereocenters. The number of carbonyl (C=O) groups excluding carboxylic acids is 2. The zero-order valence-electron chi connectivity index (χ0n) is 15.5. The zero-order valence-corrected chi connectivity index (χ0v) is 15.5. The molecule has 1 aliphatic rings. The summed E-state index contributed by atoms with van der Waals surface area (Å²) in [5.74, 6) is -0.752. The molecule has 1 rings (SSSR count). The van der Waals surface area contributed by atoms with Crippen LogP contribution in [-0.2, 0) is 28.5 Å². The Hall–Kier alpha value is -1.26. The van der Waals surface area contributed by atoms with Gasteiger partial charge in [-0.25, -0.2) is 0 Å². The second-order valence-electron chi connectivity index (χ2n) is 6.31. The molecule has 9 nitrogen and oxygen atoms in total. The Kier molecular flexibility index (Phi) is 10.7. The molecule has 1 aliphatic heterocycles. The fourth-order valence-electron chi connectivity index (χ4n) is 2.41. The van der Waals surface area contributed by atoms with E-state index in [9.17, 15) is 19.8 Å². The van der Waals surface area contributed by atoms with Crippen molar-refractivity contribution < 1.29 is 38.7 Å². The first-order valence-electron chi connectivity index (χ1n) is 9.04. The van der Waals surface area contributed by atoms with Crippen molar-refractivity contribution in [3.05, 3.63) is 0 Å². The highest BCUT2D eigenvalue weighted by molar-refractivity contribution is 5.69. The Morgan fingerprint density at radius 3 is 2.46 bits per heavy atom. The summed E-state index contributed by atoms with van der Waals surface area (Å²) in [5, 5.41) is 19.9. The van der Waals surface area contributed by atoms with Crippen LogP contribution in [0.5, 0.6) is 0 Å². The maximum absolute atomic E-state index is 11.5. The van der Waals surface area contributed by atoms with Gasteiger partial charge >= 0.3 is 11.9 Å². The van der Waals surface area contributed by atoms with E-state index < -0.39 is 36.6 Å². The number of rotatable bonds is 11. The van der Waals surface area contributed by atoms with Crippen LogP contribution in [0.2, 0.25) is 0 Å². The Balaban J connectivity index is 2.29. The average Bonchev–Trinajstić information content (AvgIpc) is 2.60. The number of hydrogen-bond acceptors (Lipinski definition) is 9. The molecule has 9 heteroatoms. The van der Waals surface area contributed by atoms with Crippen molar-refractivity contribution in [2.24, 2.45) is 5.73 Å². The van der Waals surface area contributed by atoms with E-state index in [0.717, 1.165) is 12.8 Å². The molecule has 1 heterocycles. The van der Waals surface area contributed by atoms with E-state index in [1.807, 2.05) is 6.92 Å². The lowest BCUT2D eigenvalue weighted by atomic mass is 9.98. The topological polar surface area (TPSA) is 138 Å². The number of nitrogens with two attached hydrogens (primary N) is 1. The molecule has 0 bridgehead atoms. The van der Waals surface area contributed by atoms with E-state index in [4.69, 9.17) is 24.7 Å². The molecule has 0 aliphatic carbocycles. The number of hydrogen-bond donors (Lipinski definition) is 3. The molecular weight excluding hydrogens is 346 g/mol. The van der Waals surface area contributed by atoms with E-state index in [-0.39, 0.29) is 19.2 Å². The molecule has 0 aromatic carbocycles. The van der Waals surface area contributed by atoms with Gasteiger partial charge in [-0.05, 0) is 19.3 Å². The summed E-state index contributed by atoms with van der Waals surface area (Å²) in [6.45, 7) is 3.77. The molecule has 0 aromatic heterocycles. The van der Waals surface area contributed by atoms with Gasteiger partial charge in [-0.2, -0.15) is 0 Å². The molecule has 4 N–H and O–H groups in total. The number of unbranched alkanes of at least 4 members (excludes halogenated alkanes) is 2. The SMILES string of the molecule is CCCCOC(=O)CCCCOC1OC(COC(C)=O)C(O)C(O)C1N. The van der Waals surface area contributed by atoms with Crippen LogP contribution in [0.15, 0.2) is 0 Å². The quantitative estimate of drug-likeness (QED) is 0.331. The van der Waals surface area contributed by atoms with Gasteiger partial charge in [0.15, 0.2) is 6.29 Å². The summed E-state index contributed by atoms with van der Waals surface area (Å²) in [4.78, 5) is 22.4. The Bertz CT molecular complexity index is 433. The van der Waals surface area contributed by atoms with Crippen molar-refractivity contribution in [2.45, 2.75) is 76.6 Å². The summed E-state index contributed by atoms with van der Waals surface area (Å²) in [5.41, 5.74) is 5.82. The third-order valence-corrected chi connectivity index (χ3v) is 4.02. The van der Waals surface area contributed by atoms with Crippen LogP contribution in [-0.4, -0.2) is 72.6 Å². The predicted molar refractivity (Wildman–Crippen MR) is 91.0 cm³/mol. The minimum atomic E-state index is -1.28. The summed E-state index contributed by atoms with van der Waals surface area (Å²) in [6, 6.07) is -0.933. The predicted octanol–water partition coefficient (Wildman–Crippen LogP) is -0.146. The molecule has 152 valence electrons. The zero-order chi connectivity index (χ0) is 19.5. The first kappa shape index (κ1) is 22.8. The second-order valence-corrected chi connectivity index (χ2v) is 6.31. The number of carbonyl (C=O) groups is 2. The molecular formula is C17H31NO8. The van der Waals surface area contributed by atoms with Crippen LogP contribution in [0.1, 0.15) is 46.0 Å². The third kappa shape index (κ3) is 7.96. The van der Waals surface area contributed by atoms with Crippen molar-refractivity contribution in [1.82, 2.24) is 0 Å². The summed E-state index contributed by atoms with van der Waals surface area (Å²) in [7, 11) is 0. The van der Waals surface area contributed by atoms with Crippen LogP contribution in [0, 0.1) is 0 Å². The first-order valence-corrected chi connectivity index (χ1v) is 9.04. The molecule has 0 amide bonds. The van der Waals surface area contributed by atoms with Gasteiger partial charge in [0.25, 0.3) is 0 Å². The van der Waals surface area contributed by atoms with Gasteiger partial charge in [0.05, 0.1) is 12.6 Å². The Labute approximate surface area is 153 Å². The maximum Gasteiger partial charge on any atom is 0.305 e. The van der Waals surface area contributed by atoms with Crippen LogP contribution >= 0.6 is 0 Å². The Morgan fingerprint density at radius 2 is 1.81 bits per heavy atom. The minimum absolute atomic E-state index is 0.205. The number of aliphatic hydroxyl groups is 2. The lowest BCUT2D eigenvalue weighted by Gasteiger charge is -2.40. The highest BCUT2D eigenvalue weighted by atomic mass is 16.7. The Morgan fingerprint density at radius 1 is 1.08 bits per heavy atom. The molecule has 0 saturated carbocycles. The molecule has 26 heavy (non-hydrogen) atoms. The standard InChI is InChI=1S/C17H31NO8/c1-3-4-8-23-13(20)7-5-6-9-24-17-14(18)16(22)15(21)12(26-17)10-25-11(2)19/h12,14-17,21-22H,3-10,18H2,1-2H3. The summed E-state index contributed by atoms with van der Waals surface area (Å²) < 4.78 is 20.9. The maximum atomic E-state index is 11.5. The molecule has 0 aromatic rings. The largest absolute Gasteiger partial charge is 0.466 e. The van der Waals surface area contributed by atoms with E-state index in [2.05, 4.69) is 0 Å². The smallest absolute Gasteiger partial charge is 0.305 e. The van der Waals surface area contributed by atoms with Crippen molar-refractivity contribution in [2.75, 3.05) is 19.8 Å². The first-order chi connectivity index (χ1) is 12.4. The van der Waals surface area contributed by atoms with Gasteiger partial charge in [0, 0.05) is 20.0 Å². The van der Waals surface area contributed by atoms with Crippen LogP contribution in [0.4, 0.5) is 0 Å². The normalized spacial score (nSPS) is 28.6. The highest BCUT2D eigenvalue weighted by Gasteiger charge is 2.43. The molecule has 0 spiro atoms. The molecule has 5 atom stereocenters. The fraction of sp³-hybridized carbons (Fsp3) is 0.882. The van der Waals surface area contributed by atoms with E-state index >= 15 is 0 Å². The van der Waals surface area contributed by atoms with Crippen LogP contribution < -0.4 is 5.73 Å². The van der Waals surface area contributed by atoms with Crippen molar-refractivity contribution in [1.29, 1.82) is 0 Å². The number of ether oxygens (including phenoxy) is 4. The molecule has 1 fully saturated rings. The number of aliphatic hydroxyl groups excluding tert-OH is 2. The van der Waals surface area contributed by atoms with Gasteiger partial charge in [-0.15, -0.1) is 0 Å². The molecule has 1 saturated heterocycles. The lowest BCUT2D eigenvalue weighted by Crippen LogP contribution is -2.62. The minimum Gasteiger partial charge on any atom is -0.466 e. The fourth-order valence-corrected chi connectivity index (χ4v) is 2.41. The van der Waals surface area contributed by atoms with E-state index in [1.54, 1.807) is 0 Å². The monoisotopic (exact) mass is 377 g/mol. The van der Waals surface area contributed by atoms with Crippen molar-refractivity contribution in [3.63, 3.8) is 0 Å². The van der Waals surface area contributed by atoms with E-state index in [1.165, 1.54) is 6.92 Å². The van der Waals surface area contributed by atoms with Gasteiger partial charge in [-0.3, -0.25) is 9.59 Å². The molecule has 0 radical (unpaired) electrons. The average molecular weight is 377 g/mol. The third-order valence-electron chi connectivity index (χ3n) is 4.02. The van der Waals surface area contributed by atoms with E-state index in [0.29, 0.717) is 25.9 Å². The van der Waals surface area contributed by atoms with Gasteiger partial charge in [0.2, 0.25) is 0 Å². The second kappa shape index (κ2) is 12.2. The van der Waals surface area contributed by atoms with Crippen molar-refractivity contribution >= 4 is 11.9 Å². The van der Waals surface area contributed by atoms with Gasteiger partial charge in [0.1, 0.15) is 24.9 Å². The van der Waals surface area contributed by atoms with Gasteiger partial charge in [-0.1, -0.05) is 13.3 Å². The summed E-state index contributed by atoms with van der Waals surface area (Å²) in [6.07, 6.45) is -1.09.